The highest BCUT2D eigenvalue weighted by molar-refractivity contribution is 7.93. The van der Waals surface area contributed by atoms with Gasteiger partial charge in [0.2, 0.25) is 5.91 Å². The summed E-state index contributed by atoms with van der Waals surface area (Å²) in [6.45, 7) is 0. The fraction of sp³-hybridized carbons (Fsp3) is 0. The summed E-state index contributed by atoms with van der Waals surface area (Å²) < 4.78 is 28.4. The van der Waals surface area contributed by atoms with Gasteiger partial charge in [0.05, 0.1) is 21.3 Å². The van der Waals surface area contributed by atoms with E-state index in [1.54, 1.807) is 24.3 Å². The first-order valence-electron chi connectivity index (χ1n) is 12.1. The number of benzene rings is 4. The van der Waals surface area contributed by atoms with Crippen LogP contribution in [0.2, 0.25) is 30.1 Å². The number of carbonyl (C=O) groups is 2. The number of amides is 2. The van der Waals surface area contributed by atoms with Crippen molar-refractivity contribution in [1.82, 2.24) is 0 Å². The second-order valence-electron chi connectivity index (χ2n) is 8.72. The van der Waals surface area contributed by atoms with Gasteiger partial charge in [-0.1, -0.05) is 87.8 Å². The first kappa shape index (κ1) is 32.9. The quantitative estimate of drug-likeness (QED) is 0.184. The molecule has 0 heterocycles. The molecule has 0 saturated heterocycles. The van der Waals surface area contributed by atoms with Gasteiger partial charge in [0.25, 0.3) is 15.9 Å². The summed E-state index contributed by atoms with van der Waals surface area (Å²) in [7, 11) is -4.57. The molecule has 4 aromatic rings. The zero-order valence-corrected chi connectivity index (χ0v) is 26.9. The van der Waals surface area contributed by atoms with Gasteiger partial charge in [-0.2, -0.15) is 4.31 Å². The molecule has 0 unspecified atom stereocenters. The molecule has 43 heavy (non-hydrogen) atoms. The van der Waals surface area contributed by atoms with E-state index in [1.807, 2.05) is 0 Å². The van der Waals surface area contributed by atoms with Gasteiger partial charge in [0.15, 0.2) is 0 Å². The fourth-order valence-electron chi connectivity index (χ4n) is 3.69. The monoisotopic (exact) mass is 712 g/mol. The summed E-state index contributed by atoms with van der Waals surface area (Å²) >= 11 is 36.6. The highest BCUT2D eigenvalue weighted by Crippen LogP contribution is 2.31. The van der Waals surface area contributed by atoms with Crippen LogP contribution in [0.1, 0.15) is 11.1 Å². The first-order chi connectivity index (χ1) is 20.3. The topological polar surface area (TPSA) is 83.6 Å². The molecular weight excluding hydrogens is 697 g/mol. The third-order valence-electron chi connectivity index (χ3n) is 5.72. The molecule has 0 fully saturated rings. The standard InChI is InChI=1S/C30H18Cl6N2O4S/c31-20-2-1-3-23(14-20)38(30(40)13-7-19-5-9-22(33)16-27(19)36)43(41,42)24-10-11-25(34)28(17-24)37-29(39)12-6-18-4-8-21(32)15-26(18)35/h1-17H,(H,37,39). The lowest BCUT2D eigenvalue weighted by Gasteiger charge is -2.22. The van der Waals surface area contributed by atoms with E-state index in [0.717, 1.165) is 12.1 Å². The Morgan fingerprint density at radius 2 is 1.23 bits per heavy atom. The molecule has 0 atom stereocenters. The van der Waals surface area contributed by atoms with Gasteiger partial charge in [-0.25, -0.2) is 8.42 Å². The van der Waals surface area contributed by atoms with Gasteiger partial charge in [-0.05, 0) is 83.9 Å². The second-order valence-corrected chi connectivity index (χ2v) is 13.0. The number of rotatable bonds is 8. The Morgan fingerprint density at radius 1 is 0.651 bits per heavy atom. The average molecular weight is 715 g/mol. The van der Waals surface area contributed by atoms with Crippen LogP contribution >= 0.6 is 69.6 Å². The van der Waals surface area contributed by atoms with Crippen LogP contribution in [-0.4, -0.2) is 20.2 Å². The van der Waals surface area contributed by atoms with Crippen molar-refractivity contribution in [3.05, 3.63) is 132 Å². The first-order valence-corrected chi connectivity index (χ1v) is 15.8. The van der Waals surface area contributed by atoms with Crippen molar-refractivity contribution < 1.29 is 18.0 Å². The molecule has 1 N–H and O–H groups in total. The van der Waals surface area contributed by atoms with E-state index in [4.69, 9.17) is 69.6 Å². The molecule has 0 aromatic heterocycles. The van der Waals surface area contributed by atoms with E-state index >= 15 is 0 Å². The molecule has 0 radical (unpaired) electrons. The Bertz CT molecular complexity index is 1890. The Labute approximate surface area is 278 Å². The van der Waals surface area contributed by atoms with E-state index in [2.05, 4.69) is 5.32 Å². The van der Waals surface area contributed by atoms with Crippen LogP contribution in [0.15, 0.2) is 95.9 Å². The summed E-state index contributed by atoms with van der Waals surface area (Å²) in [6, 6.07) is 18.8. The van der Waals surface area contributed by atoms with Crippen LogP contribution in [-0.2, 0) is 19.6 Å². The molecule has 4 rings (SSSR count). The lowest BCUT2D eigenvalue weighted by atomic mass is 10.2. The minimum absolute atomic E-state index is 0.0124. The highest BCUT2D eigenvalue weighted by Gasteiger charge is 2.31. The summed E-state index contributed by atoms with van der Waals surface area (Å²) in [5.74, 6) is -1.54. The van der Waals surface area contributed by atoms with Crippen molar-refractivity contribution in [2.75, 3.05) is 9.62 Å². The van der Waals surface area contributed by atoms with Gasteiger partial charge in [0, 0.05) is 37.3 Å². The van der Waals surface area contributed by atoms with Crippen molar-refractivity contribution in [3.8, 4) is 0 Å². The Balaban J connectivity index is 1.67. The molecule has 0 aliphatic carbocycles. The molecular formula is C30H18Cl6N2O4S. The van der Waals surface area contributed by atoms with Crippen LogP contribution in [0.25, 0.3) is 12.2 Å². The van der Waals surface area contributed by atoms with E-state index in [1.165, 1.54) is 66.8 Å². The Morgan fingerprint density at radius 3 is 1.81 bits per heavy atom. The van der Waals surface area contributed by atoms with Crippen molar-refractivity contribution in [2.24, 2.45) is 0 Å². The normalized spacial score (nSPS) is 11.7. The lowest BCUT2D eigenvalue weighted by Crippen LogP contribution is -2.36. The van der Waals surface area contributed by atoms with Crippen LogP contribution in [0.5, 0.6) is 0 Å². The molecule has 13 heteroatoms. The largest absolute Gasteiger partial charge is 0.321 e. The third kappa shape index (κ3) is 8.34. The maximum atomic E-state index is 13.9. The van der Waals surface area contributed by atoms with E-state index in [0.29, 0.717) is 30.5 Å². The smallest absolute Gasteiger partial charge is 0.271 e. The molecule has 0 bridgehead atoms. The van der Waals surface area contributed by atoms with E-state index < -0.39 is 21.8 Å². The molecule has 4 aromatic carbocycles. The highest BCUT2D eigenvalue weighted by atomic mass is 35.5. The number of hydrogen-bond donors (Lipinski definition) is 1. The van der Waals surface area contributed by atoms with Crippen molar-refractivity contribution in [2.45, 2.75) is 4.90 Å². The number of sulfonamides is 1. The van der Waals surface area contributed by atoms with E-state index in [-0.39, 0.29) is 31.3 Å². The average Bonchev–Trinajstić information content (AvgIpc) is 2.93. The maximum Gasteiger partial charge on any atom is 0.271 e. The summed E-state index contributed by atoms with van der Waals surface area (Å²) in [5, 5.41) is 4.23. The Hall–Kier alpha value is -3.01. The zero-order valence-electron chi connectivity index (χ0n) is 21.6. The predicted octanol–water partition coefficient (Wildman–Crippen LogP) is 9.69. The Kier molecular flexibility index (Phi) is 10.8. The SMILES string of the molecule is O=C(C=Cc1ccc(Cl)cc1Cl)Nc1cc(S(=O)(=O)N(C(=O)C=Cc2ccc(Cl)cc2Cl)c2cccc(Cl)c2)ccc1Cl. The van der Waals surface area contributed by atoms with E-state index in [9.17, 15) is 18.0 Å². The van der Waals surface area contributed by atoms with Gasteiger partial charge in [-0.15, -0.1) is 0 Å². The van der Waals surface area contributed by atoms with Crippen LogP contribution in [0.3, 0.4) is 0 Å². The summed E-state index contributed by atoms with van der Waals surface area (Å²) in [4.78, 5) is 25.8. The summed E-state index contributed by atoms with van der Waals surface area (Å²) in [6.07, 6.45) is 5.07. The van der Waals surface area contributed by atoms with Gasteiger partial charge < -0.3 is 5.32 Å². The number of nitrogens with zero attached hydrogens (tertiary/aromatic N) is 1. The van der Waals surface area contributed by atoms with Gasteiger partial charge >= 0.3 is 0 Å². The number of nitrogens with one attached hydrogen (secondary N) is 1. The number of anilines is 2. The van der Waals surface area contributed by atoms with Crippen molar-refractivity contribution >= 4 is 115 Å². The van der Waals surface area contributed by atoms with Crippen LogP contribution < -0.4 is 9.62 Å². The maximum absolute atomic E-state index is 13.9. The number of hydrogen-bond acceptors (Lipinski definition) is 4. The number of carbonyl (C=O) groups excluding carboxylic acids is 2. The molecule has 0 spiro atoms. The van der Waals surface area contributed by atoms with Gasteiger partial charge in [-0.3, -0.25) is 9.59 Å². The number of halogens is 6. The second kappa shape index (κ2) is 14.2. The minimum atomic E-state index is -4.57. The molecule has 6 nitrogen and oxygen atoms in total. The fourth-order valence-corrected chi connectivity index (χ4v) is 6.39. The molecule has 0 aliphatic heterocycles. The lowest BCUT2D eigenvalue weighted by molar-refractivity contribution is -0.113. The molecule has 220 valence electrons. The van der Waals surface area contributed by atoms with Crippen molar-refractivity contribution in [3.63, 3.8) is 0 Å². The van der Waals surface area contributed by atoms with Crippen LogP contribution in [0.4, 0.5) is 11.4 Å². The van der Waals surface area contributed by atoms with Crippen LogP contribution in [0, 0.1) is 0 Å². The predicted molar refractivity (Wildman–Crippen MR) is 177 cm³/mol. The third-order valence-corrected chi connectivity index (χ3v) is 9.13. The molecule has 0 aliphatic rings. The molecule has 2 amide bonds. The van der Waals surface area contributed by atoms with Crippen molar-refractivity contribution in [1.29, 1.82) is 0 Å². The molecule has 0 saturated carbocycles. The van der Waals surface area contributed by atoms with Gasteiger partial charge in [0.1, 0.15) is 0 Å². The summed E-state index contributed by atoms with van der Waals surface area (Å²) in [5.41, 5.74) is 0.939. The zero-order chi connectivity index (χ0) is 31.3. The minimum Gasteiger partial charge on any atom is -0.321 e.